The number of anilines is 1. The van der Waals surface area contributed by atoms with Crippen LogP contribution in [0.15, 0.2) is 86.9 Å². The minimum absolute atomic E-state index is 0.0727. The summed E-state index contributed by atoms with van der Waals surface area (Å²) in [6.07, 6.45) is 3.98. The zero-order valence-corrected chi connectivity index (χ0v) is 21.2. The molecule has 1 saturated carbocycles. The van der Waals surface area contributed by atoms with Crippen molar-refractivity contribution in [2.45, 2.75) is 43.2 Å². The number of nitrogens with zero attached hydrogens (tertiary/aromatic N) is 2. The van der Waals surface area contributed by atoms with E-state index in [2.05, 4.69) is 15.1 Å². The third kappa shape index (κ3) is 4.37. The van der Waals surface area contributed by atoms with E-state index in [0.717, 1.165) is 31.2 Å². The van der Waals surface area contributed by atoms with Gasteiger partial charge in [0.2, 0.25) is 0 Å². The number of ether oxygens (including phenoxy) is 1. The molecule has 0 amide bonds. The highest BCUT2D eigenvalue weighted by Crippen LogP contribution is 2.34. The Morgan fingerprint density at radius 3 is 2.55 bits per heavy atom. The summed E-state index contributed by atoms with van der Waals surface area (Å²) >= 11 is 0. The van der Waals surface area contributed by atoms with Gasteiger partial charge in [-0.15, -0.1) is 4.40 Å². The van der Waals surface area contributed by atoms with Gasteiger partial charge in [0.05, 0.1) is 11.2 Å². The van der Waals surface area contributed by atoms with E-state index in [0.29, 0.717) is 16.7 Å². The lowest BCUT2D eigenvalue weighted by atomic mass is 10.1. The Kier molecular flexibility index (Phi) is 6.03. The van der Waals surface area contributed by atoms with Crippen LogP contribution in [0.4, 0.5) is 5.69 Å². The van der Waals surface area contributed by atoms with Crippen LogP contribution < -0.4 is 21.0 Å². The summed E-state index contributed by atoms with van der Waals surface area (Å²) in [5.41, 5.74) is 4.17. The summed E-state index contributed by atoms with van der Waals surface area (Å²) < 4.78 is 37.6. The van der Waals surface area contributed by atoms with Gasteiger partial charge in [0, 0.05) is 17.5 Å². The summed E-state index contributed by atoms with van der Waals surface area (Å²) in [5, 5.41) is 14.5. The molecule has 194 valence electrons. The van der Waals surface area contributed by atoms with E-state index in [1.165, 1.54) is 10.7 Å². The molecule has 0 bridgehead atoms. The lowest BCUT2D eigenvalue weighted by Crippen LogP contribution is -2.39. The van der Waals surface area contributed by atoms with Crippen LogP contribution in [-0.4, -0.2) is 30.1 Å². The smallest absolute Gasteiger partial charge is 0.286 e. The van der Waals surface area contributed by atoms with Crippen molar-refractivity contribution in [1.82, 2.24) is 4.68 Å². The van der Waals surface area contributed by atoms with Crippen molar-refractivity contribution in [3.05, 3.63) is 94.3 Å². The van der Waals surface area contributed by atoms with Gasteiger partial charge in [-0.25, -0.2) is 4.68 Å². The molecule has 6 rings (SSSR count). The fraction of sp³-hybridized carbons (Fsp3) is 0.214. The molecule has 1 aromatic heterocycles. The third-order valence-corrected chi connectivity index (χ3v) is 8.22. The minimum Gasteiger partial charge on any atom is -0.506 e. The number of hydrogen-bond acceptors (Lipinski definition) is 7. The maximum Gasteiger partial charge on any atom is 0.286 e. The average Bonchev–Trinajstić information content (AvgIpc) is 3.44. The van der Waals surface area contributed by atoms with Gasteiger partial charge < -0.3 is 20.6 Å². The molecule has 0 saturated heterocycles. The Balaban J connectivity index is 1.39. The first-order valence-electron chi connectivity index (χ1n) is 12.5. The topological polar surface area (TPSA) is 122 Å². The number of benzene rings is 3. The predicted octanol–water partition coefficient (Wildman–Crippen LogP) is 4.33. The van der Waals surface area contributed by atoms with Crippen LogP contribution in [0.25, 0.3) is 10.9 Å². The molecule has 0 radical (unpaired) electrons. The van der Waals surface area contributed by atoms with Crippen LogP contribution in [0, 0.1) is 0 Å². The fourth-order valence-electron chi connectivity index (χ4n) is 4.98. The van der Waals surface area contributed by atoms with Gasteiger partial charge in [-0.3, -0.25) is 4.79 Å². The second kappa shape index (κ2) is 9.53. The van der Waals surface area contributed by atoms with Crippen molar-refractivity contribution >= 4 is 32.4 Å². The van der Waals surface area contributed by atoms with Crippen molar-refractivity contribution in [3.8, 4) is 11.5 Å². The largest absolute Gasteiger partial charge is 0.506 e. The Labute approximate surface area is 219 Å². The molecule has 38 heavy (non-hydrogen) atoms. The van der Waals surface area contributed by atoms with E-state index in [9.17, 15) is 18.3 Å². The predicted molar refractivity (Wildman–Crippen MR) is 146 cm³/mol. The molecule has 0 spiro atoms. The van der Waals surface area contributed by atoms with Crippen LogP contribution in [0.3, 0.4) is 0 Å². The number of fused-ring (bicyclic) bond motifs is 2. The first-order valence-corrected chi connectivity index (χ1v) is 13.9. The Morgan fingerprint density at radius 2 is 1.76 bits per heavy atom. The Hall–Kier alpha value is -4.31. The van der Waals surface area contributed by atoms with E-state index in [-0.39, 0.29) is 40.4 Å². The Morgan fingerprint density at radius 1 is 1.03 bits per heavy atom. The first kappa shape index (κ1) is 24.1. The molecule has 0 atom stereocenters. The van der Waals surface area contributed by atoms with Gasteiger partial charge >= 0.3 is 0 Å². The first-order chi connectivity index (χ1) is 18.4. The maximum absolute atomic E-state index is 13.7. The number of aromatic nitrogens is 1. The van der Waals surface area contributed by atoms with Gasteiger partial charge in [0.15, 0.2) is 5.84 Å². The molecule has 3 N–H and O–H groups in total. The fourth-order valence-corrected chi connectivity index (χ4v) is 6.12. The van der Waals surface area contributed by atoms with Gasteiger partial charge in [0.1, 0.15) is 28.6 Å². The quantitative estimate of drug-likeness (QED) is 0.339. The monoisotopic (exact) mass is 530 g/mol. The number of nitrogens with one attached hydrogen (secondary N) is 2. The maximum atomic E-state index is 13.7. The van der Waals surface area contributed by atoms with Crippen molar-refractivity contribution in [2.75, 3.05) is 10.7 Å². The van der Waals surface area contributed by atoms with Crippen LogP contribution >= 0.6 is 0 Å². The van der Waals surface area contributed by atoms with E-state index >= 15 is 0 Å². The molecule has 2 heterocycles. The normalized spacial score (nSPS) is 16.5. The standard InChI is InChI=1S/C28H26N4O5S/c33-26-21-12-6-7-13-23(21)32(30-19-10-4-5-11-19)28(34)25(26)27-29-22-15-14-20(16-24(22)38(35,36)31-27)37-17-18-8-2-1-3-9-18/h1-3,6-9,12-16,19,30,33H,4-5,10-11,17H2,(H,29,31). The van der Waals surface area contributed by atoms with E-state index in [1.807, 2.05) is 30.3 Å². The molecular weight excluding hydrogens is 504 g/mol. The number of amidine groups is 1. The minimum atomic E-state index is -4.20. The van der Waals surface area contributed by atoms with Crippen LogP contribution in [0.2, 0.25) is 0 Å². The van der Waals surface area contributed by atoms with Crippen LogP contribution in [0.5, 0.6) is 11.5 Å². The highest BCUT2D eigenvalue weighted by atomic mass is 32.2. The highest BCUT2D eigenvalue weighted by Gasteiger charge is 2.31. The second-order valence-corrected chi connectivity index (χ2v) is 11.0. The van der Waals surface area contributed by atoms with Crippen molar-refractivity contribution < 1.29 is 18.3 Å². The number of para-hydroxylation sites is 1. The van der Waals surface area contributed by atoms with Crippen molar-refractivity contribution in [1.29, 1.82) is 0 Å². The van der Waals surface area contributed by atoms with E-state index in [1.54, 1.807) is 36.4 Å². The lowest BCUT2D eigenvalue weighted by Gasteiger charge is -2.23. The molecule has 0 unspecified atom stereocenters. The molecule has 9 nitrogen and oxygen atoms in total. The molecule has 1 aliphatic heterocycles. The van der Waals surface area contributed by atoms with E-state index in [4.69, 9.17) is 4.74 Å². The van der Waals surface area contributed by atoms with E-state index < -0.39 is 15.6 Å². The average molecular weight is 531 g/mol. The van der Waals surface area contributed by atoms with Gasteiger partial charge in [-0.1, -0.05) is 55.3 Å². The number of sulfonamides is 1. The van der Waals surface area contributed by atoms with Gasteiger partial charge in [0.25, 0.3) is 15.6 Å². The van der Waals surface area contributed by atoms with Crippen LogP contribution in [-0.2, 0) is 16.6 Å². The molecule has 10 heteroatoms. The summed E-state index contributed by atoms with van der Waals surface area (Å²) in [7, 11) is -4.20. The zero-order valence-electron chi connectivity index (χ0n) is 20.4. The SMILES string of the molecule is O=c1c(C2=NS(=O)(=O)c3cc(OCc4ccccc4)ccc3N2)c(O)c2ccccc2n1NC1CCCC1. The summed E-state index contributed by atoms with van der Waals surface area (Å²) in [6.45, 7) is 0.278. The van der Waals surface area contributed by atoms with Crippen LogP contribution in [0.1, 0.15) is 36.8 Å². The molecule has 1 fully saturated rings. The highest BCUT2D eigenvalue weighted by molar-refractivity contribution is 7.90. The lowest BCUT2D eigenvalue weighted by molar-refractivity contribution is 0.305. The molecular formula is C28H26N4O5S. The number of rotatable bonds is 6. The number of aromatic hydroxyl groups is 1. The summed E-state index contributed by atoms with van der Waals surface area (Å²) in [6, 6.07) is 21.2. The number of pyridine rings is 1. The zero-order chi connectivity index (χ0) is 26.3. The molecule has 4 aromatic rings. The van der Waals surface area contributed by atoms with Crippen molar-refractivity contribution in [2.24, 2.45) is 4.40 Å². The summed E-state index contributed by atoms with van der Waals surface area (Å²) in [4.78, 5) is 13.6. The third-order valence-electron chi connectivity index (χ3n) is 6.90. The van der Waals surface area contributed by atoms with Gasteiger partial charge in [-0.2, -0.15) is 8.42 Å². The summed E-state index contributed by atoms with van der Waals surface area (Å²) in [5.74, 6) is -0.193. The van der Waals surface area contributed by atoms with Crippen molar-refractivity contribution in [3.63, 3.8) is 0 Å². The Bertz CT molecular complexity index is 1730. The molecule has 1 aliphatic carbocycles. The molecule has 3 aromatic carbocycles. The molecule has 2 aliphatic rings. The number of hydrogen-bond donors (Lipinski definition) is 3. The second-order valence-electron chi connectivity index (χ2n) is 9.46. The van der Waals surface area contributed by atoms with Gasteiger partial charge in [-0.05, 0) is 42.7 Å².